The van der Waals surface area contributed by atoms with Crippen LogP contribution < -0.4 is 0 Å². The molecule has 1 aromatic carbocycles. The molecule has 0 saturated carbocycles. The monoisotopic (exact) mass is 274 g/mol. The van der Waals surface area contributed by atoms with Gasteiger partial charge >= 0.3 is 6.18 Å². The molecule has 0 atom stereocenters. The zero-order valence-corrected chi connectivity index (χ0v) is 8.47. The van der Waals surface area contributed by atoms with Crippen LogP contribution in [-0.2, 0) is 6.18 Å². The van der Waals surface area contributed by atoms with Gasteiger partial charge in [0.25, 0.3) is 0 Å². The molecule has 0 aliphatic rings. The van der Waals surface area contributed by atoms with E-state index in [1.807, 2.05) is 0 Å². The Morgan fingerprint density at radius 2 is 1.77 bits per heavy atom. The van der Waals surface area contributed by atoms with E-state index in [2.05, 4.69) is 28.6 Å². The van der Waals surface area contributed by atoms with Crippen LogP contribution in [0.15, 0.2) is 21.5 Å². The highest BCUT2D eigenvalue weighted by Crippen LogP contribution is 2.37. The van der Waals surface area contributed by atoms with Gasteiger partial charge in [-0.3, -0.25) is 0 Å². The van der Waals surface area contributed by atoms with Gasteiger partial charge in [0.15, 0.2) is 5.82 Å². The molecule has 0 N–H and O–H groups in total. The lowest BCUT2D eigenvalue weighted by molar-refractivity contribution is -0.138. The predicted molar refractivity (Wildman–Crippen MR) is 46.4 cm³/mol. The Kier molecular flexibility index (Phi) is 2.91. The summed E-state index contributed by atoms with van der Waals surface area (Å²) in [5, 5.41) is 0. The first-order chi connectivity index (χ1) is 5.84. The molecule has 0 spiro atoms. The molecule has 0 aromatic heterocycles. The smallest absolute Gasteiger partial charge is 0.205 e. The number of hydrogen-bond acceptors (Lipinski definition) is 1. The van der Waals surface area contributed by atoms with Crippen molar-refractivity contribution in [1.29, 1.82) is 0 Å². The highest BCUT2D eigenvalue weighted by atomic mass is 79.9. The third-order valence-electron chi connectivity index (χ3n) is 1.37. The van der Waals surface area contributed by atoms with E-state index in [-0.39, 0.29) is 4.90 Å². The van der Waals surface area contributed by atoms with E-state index in [1.165, 1.54) is 0 Å². The van der Waals surface area contributed by atoms with Crippen LogP contribution in [0.5, 0.6) is 0 Å². The fraction of sp³-hybridized carbons (Fsp3) is 0.143. The van der Waals surface area contributed by atoms with Gasteiger partial charge in [-0.1, -0.05) is 0 Å². The molecule has 6 heteroatoms. The minimum Gasteiger partial charge on any atom is -0.205 e. The van der Waals surface area contributed by atoms with Gasteiger partial charge in [-0.15, -0.1) is 12.6 Å². The van der Waals surface area contributed by atoms with Crippen molar-refractivity contribution in [2.75, 3.05) is 0 Å². The number of alkyl halides is 3. The topological polar surface area (TPSA) is 0 Å². The van der Waals surface area contributed by atoms with Crippen LogP contribution in [0.1, 0.15) is 5.56 Å². The normalized spacial score (nSPS) is 11.8. The minimum absolute atomic E-state index is 0.125. The zero-order chi connectivity index (χ0) is 10.2. The molecule has 0 heterocycles. The first-order valence-corrected chi connectivity index (χ1v) is 4.32. The van der Waals surface area contributed by atoms with E-state index in [0.717, 1.165) is 12.1 Å². The highest BCUT2D eigenvalue weighted by molar-refractivity contribution is 9.10. The number of rotatable bonds is 0. The van der Waals surface area contributed by atoms with Crippen LogP contribution in [0.2, 0.25) is 0 Å². The summed E-state index contributed by atoms with van der Waals surface area (Å²) >= 11 is 6.16. The second-order valence-corrected chi connectivity index (χ2v) is 3.53. The summed E-state index contributed by atoms with van der Waals surface area (Å²) in [5.41, 5.74) is -1.04. The van der Waals surface area contributed by atoms with Crippen molar-refractivity contribution >= 4 is 28.6 Å². The second-order valence-electron chi connectivity index (χ2n) is 2.26. The lowest BCUT2D eigenvalue weighted by atomic mass is 10.2. The average molecular weight is 275 g/mol. The van der Waals surface area contributed by atoms with Gasteiger partial charge in [-0.2, -0.15) is 13.2 Å². The molecular weight excluding hydrogens is 272 g/mol. The number of thiol groups is 1. The maximum Gasteiger partial charge on any atom is 0.417 e. The maximum atomic E-state index is 12.9. The van der Waals surface area contributed by atoms with E-state index in [4.69, 9.17) is 0 Å². The van der Waals surface area contributed by atoms with E-state index < -0.39 is 22.0 Å². The fourth-order valence-electron chi connectivity index (χ4n) is 0.758. The van der Waals surface area contributed by atoms with Gasteiger partial charge in [0.1, 0.15) is 0 Å². The Morgan fingerprint density at radius 1 is 1.23 bits per heavy atom. The lowest BCUT2D eigenvalue weighted by Gasteiger charge is -2.09. The number of benzene rings is 1. The molecular formula is C7H3BrF4S. The molecule has 0 amide bonds. The largest absolute Gasteiger partial charge is 0.417 e. The molecule has 0 bridgehead atoms. The van der Waals surface area contributed by atoms with Crippen molar-refractivity contribution in [3.8, 4) is 0 Å². The Labute approximate surface area is 85.5 Å². The Morgan fingerprint density at radius 3 is 2.23 bits per heavy atom. The highest BCUT2D eigenvalue weighted by Gasteiger charge is 2.34. The van der Waals surface area contributed by atoms with E-state index in [1.54, 1.807) is 0 Å². The number of halogens is 5. The number of hydrogen-bond donors (Lipinski definition) is 1. The zero-order valence-electron chi connectivity index (χ0n) is 5.99. The molecule has 13 heavy (non-hydrogen) atoms. The van der Waals surface area contributed by atoms with Gasteiger partial charge in [-0.25, -0.2) is 4.39 Å². The molecule has 0 fully saturated rings. The quantitative estimate of drug-likeness (QED) is 0.539. The predicted octanol–water partition coefficient (Wildman–Crippen LogP) is 3.90. The molecule has 0 radical (unpaired) electrons. The van der Waals surface area contributed by atoms with Gasteiger partial charge in [0, 0.05) is 4.90 Å². The van der Waals surface area contributed by atoms with Crippen LogP contribution >= 0.6 is 28.6 Å². The molecule has 0 unspecified atom stereocenters. The molecule has 1 aromatic rings. The molecule has 1 rings (SSSR count). The fourth-order valence-corrected chi connectivity index (χ4v) is 1.67. The van der Waals surface area contributed by atoms with Crippen molar-refractivity contribution in [2.45, 2.75) is 11.1 Å². The van der Waals surface area contributed by atoms with Crippen molar-refractivity contribution in [2.24, 2.45) is 0 Å². The van der Waals surface area contributed by atoms with E-state index >= 15 is 0 Å². The van der Waals surface area contributed by atoms with Gasteiger partial charge in [0.2, 0.25) is 0 Å². The Bertz CT molecular complexity index is 334. The van der Waals surface area contributed by atoms with Crippen molar-refractivity contribution in [3.05, 3.63) is 28.0 Å². The summed E-state index contributed by atoms with van der Waals surface area (Å²) in [6.07, 6.45) is -4.55. The summed E-state index contributed by atoms with van der Waals surface area (Å²) in [6.45, 7) is 0. The van der Waals surface area contributed by atoms with Crippen LogP contribution in [0.4, 0.5) is 17.6 Å². The molecule has 72 valence electrons. The van der Waals surface area contributed by atoms with Crippen molar-refractivity contribution in [1.82, 2.24) is 0 Å². The minimum atomic E-state index is -4.55. The summed E-state index contributed by atoms with van der Waals surface area (Å²) in [4.78, 5) is -0.125. The van der Waals surface area contributed by atoms with Crippen LogP contribution in [0, 0.1) is 5.82 Å². The second kappa shape index (κ2) is 3.49. The lowest BCUT2D eigenvalue weighted by Crippen LogP contribution is -2.07. The van der Waals surface area contributed by atoms with Gasteiger partial charge < -0.3 is 0 Å². The average Bonchev–Trinajstić information content (AvgIpc) is 1.98. The summed E-state index contributed by atoms with van der Waals surface area (Å²) in [7, 11) is 0. The van der Waals surface area contributed by atoms with Crippen molar-refractivity contribution in [3.63, 3.8) is 0 Å². The molecule has 0 aliphatic heterocycles. The standard InChI is InChI=1S/C7H3BrF4S/c8-5-3(7(10,11)12)1-2-4(13)6(5)9/h1-2,13H. The SMILES string of the molecule is Fc1c(S)ccc(C(F)(F)F)c1Br. The molecule has 0 nitrogen and oxygen atoms in total. The van der Waals surface area contributed by atoms with Crippen LogP contribution in [0.25, 0.3) is 0 Å². The Balaban J connectivity index is 3.35. The van der Waals surface area contributed by atoms with Crippen molar-refractivity contribution < 1.29 is 17.6 Å². The summed E-state index contributed by atoms with van der Waals surface area (Å²) in [6, 6.07) is 1.74. The van der Waals surface area contributed by atoms with Crippen LogP contribution in [-0.4, -0.2) is 0 Å². The maximum absolute atomic E-state index is 12.9. The first kappa shape index (κ1) is 10.8. The first-order valence-electron chi connectivity index (χ1n) is 3.08. The van der Waals surface area contributed by atoms with Gasteiger partial charge in [0.05, 0.1) is 10.0 Å². The van der Waals surface area contributed by atoms with E-state index in [0.29, 0.717) is 0 Å². The van der Waals surface area contributed by atoms with E-state index in [9.17, 15) is 17.6 Å². The van der Waals surface area contributed by atoms with Crippen LogP contribution in [0.3, 0.4) is 0 Å². The summed E-state index contributed by atoms with van der Waals surface area (Å²) in [5.74, 6) is -1.00. The Hall–Kier alpha value is -0.230. The molecule has 0 saturated heterocycles. The molecule has 0 aliphatic carbocycles. The van der Waals surface area contributed by atoms with Gasteiger partial charge in [-0.05, 0) is 28.1 Å². The third-order valence-corrected chi connectivity index (χ3v) is 2.49. The summed E-state index contributed by atoms with van der Waals surface area (Å²) < 4.78 is 48.7. The third kappa shape index (κ3) is 2.17.